The fourth-order valence-corrected chi connectivity index (χ4v) is 5.93. The molecule has 1 atom stereocenters. The first kappa shape index (κ1) is 26.6. The number of carbonyl (C=O) groups excluding carboxylic acids is 2. The third-order valence-corrected chi connectivity index (χ3v) is 8.15. The average Bonchev–Trinajstić information content (AvgIpc) is 3.46. The molecule has 1 aliphatic rings. The summed E-state index contributed by atoms with van der Waals surface area (Å²) in [5.74, 6) is -0.505. The number of nitrogens with one attached hydrogen (secondary N) is 1. The second-order valence-electron chi connectivity index (χ2n) is 8.70. The zero-order valence-corrected chi connectivity index (χ0v) is 23.0. The number of anilines is 2. The Kier molecular flexibility index (Phi) is 7.75. The topological polar surface area (TPSA) is 91.0 Å². The number of aryl methyl sites for hydroxylation is 1. The van der Waals surface area contributed by atoms with Crippen LogP contribution in [-0.2, 0) is 16.0 Å². The second kappa shape index (κ2) is 11.4. The van der Waals surface area contributed by atoms with Gasteiger partial charge in [0.15, 0.2) is 0 Å². The molecule has 39 heavy (non-hydrogen) atoms. The number of benzene rings is 3. The maximum atomic E-state index is 13.7. The number of halogens is 2. The van der Waals surface area contributed by atoms with Crippen molar-refractivity contribution < 1.29 is 9.59 Å². The summed E-state index contributed by atoms with van der Waals surface area (Å²) in [6.45, 7) is 1.81. The Morgan fingerprint density at radius 3 is 2.36 bits per heavy atom. The van der Waals surface area contributed by atoms with Gasteiger partial charge in [0, 0.05) is 11.8 Å². The van der Waals surface area contributed by atoms with E-state index >= 15 is 0 Å². The van der Waals surface area contributed by atoms with E-state index in [0.717, 1.165) is 17.4 Å². The fourth-order valence-electron chi connectivity index (χ4n) is 4.24. The van der Waals surface area contributed by atoms with Gasteiger partial charge in [0.1, 0.15) is 22.5 Å². The van der Waals surface area contributed by atoms with Crippen LogP contribution >= 0.6 is 35.0 Å². The SMILES string of the molecule is Cc1cc(NC(=O)/C(C#N)=C2/SC(Cc3cccc(Cl)c3Cl)C(=O)N2c2ccccc2)n(-c2ccccc2)n1. The van der Waals surface area contributed by atoms with E-state index in [2.05, 4.69) is 10.4 Å². The van der Waals surface area contributed by atoms with Crippen LogP contribution in [0.3, 0.4) is 0 Å². The molecule has 1 aromatic heterocycles. The molecular formula is C29H21Cl2N5O2S. The standard InChI is InChI=1S/C29H21Cl2N5O2S/c1-18-15-25(36(34-18)21-12-6-3-7-13-21)33-27(37)22(17-32)29-35(20-10-4-2-5-11-20)28(38)24(39-29)16-19-9-8-14-23(30)26(19)31/h2-15,24H,16H2,1H3,(H,33,37)/b29-22+. The Hall–Kier alpha value is -4.03. The smallest absolute Gasteiger partial charge is 0.270 e. The number of carbonyl (C=O) groups is 2. The number of para-hydroxylation sites is 2. The largest absolute Gasteiger partial charge is 0.306 e. The molecule has 4 aromatic rings. The molecule has 1 N–H and O–H groups in total. The Balaban J connectivity index is 1.53. The molecule has 0 spiro atoms. The van der Waals surface area contributed by atoms with Crippen molar-refractivity contribution in [3.05, 3.63) is 117 Å². The molecule has 2 heterocycles. The molecule has 5 rings (SSSR count). The number of amides is 2. The summed E-state index contributed by atoms with van der Waals surface area (Å²) in [5, 5.41) is 17.8. The van der Waals surface area contributed by atoms with E-state index in [1.165, 1.54) is 4.90 Å². The lowest BCUT2D eigenvalue weighted by atomic mass is 10.1. The average molecular weight is 574 g/mol. The number of hydrogen-bond acceptors (Lipinski definition) is 5. The zero-order valence-electron chi connectivity index (χ0n) is 20.6. The van der Waals surface area contributed by atoms with E-state index in [1.807, 2.05) is 55.5 Å². The monoisotopic (exact) mass is 573 g/mol. The van der Waals surface area contributed by atoms with E-state index < -0.39 is 11.2 Å². The molecule has 1 saturated heterocycles. The molecule has 0 bridgehead atoms. The Bertz CT molecular complexity index is 1630. The maximum absolute atomic E-state index is 13.7. The first-order valence-electron chi connectivity index (χ1n) is 11.9. The molecule has 2 amide bonds. The lowest BCUT2D eigenvalue weighted by molar-refractivity contribution is -0.117. The molecule has 3 aromatic carbocycles. The predicted octanol–water partition coefficient (Wildman–Crippen LogP) is 6.55. The van der Waals surface area contributed by atoms with Crippen LogP contribution in [0.25, 0.3) is 5.69 Å². The van der Waals surface area contributed by atoms with Gasteiger partial charge in [0.2, 0.25) is 5.91 Å². The number of nitrogens with zero attached hydrogens (tertiary/aromatic N) is 4. The van der Waals surface area contributed by atoms with Gasteiger partial charge in [-0.25, -0.2) is 4.68 Å². The van der Waals surface area contributed by atoms with Crippen molar-refractivity contribution >= 4 is 58.3 Å². The van der Waals surface area contributed by atoms with Crippen LogP contribution in [0.4, 0.5) is 11.5 Å². The minimum absolute atomic E-state index is 0.185. The highest BCUT2D eigenvalue weighted by atomic mass is 35.5. The summed E-state index contributed by atoms with van der Waals surface area (Å²) in [6.07, 6.45) is 0.274. The lowest BCUT2D eigenvalue weighted by Gasteiger charge is -2.18. The highest BCUT2D eigenvalue weighted by Gasteiger charge is 2.41. The van der Waals surface area contributed by atoms with Gasteiger partial charge < -0.3 is 5.32 Å². The molecule has 1 aliphatic heterocycles. The molecule has 0 saturated carbocycles. The highest BCUT2D eigenvalue weighted by Crippen LogP contribution is 2.43. The van der Waals surface area contributed by atoms with Crippen LogP contribution in [-0.4, -0.2) is 26.8 Å². The first-order chi connectivity index (χ1) is 18.9. The number of hydrogen-bond donors (Lipinski definition) is 1. The van der Waals surface area contributed by atoms with Crippen molar-refractivity contribution in [2.24, 2.45) is 0 Å². The minimum atomic E-state index is -0.646. The molecule has 1 unspecified atom stereocenters. The maximum Gasteiger partial charge on any atom is 0.270 e. The summed E-state index contributed by atoms with van der Waals surface area (Å²) in [4.78, 5) is 28.7. The van der Waals surface area contributed by atoms with Gasteiger partial charge in [0.05, 0.1) is 26.7 Å². The Labute approximate surface area is 239 Å². The Morgan fingerprint density at radius 1 is 1.03 bits per heavy atom. The van der Waals surface area contributed by atoms with Crippen LogP contribution in [0, 0.1) is 18.3 Å². The molecule has 0 radical (unpaired) electrons. The van der Waals surface area contributed by atoms with Crippen molar-refractivity contribution in [2.75, 3.05) is 10.2 Å². The van der Waals surface area contributed by atoms with Gasteiger partial charge in [-0.2, -0.15) is 10.4 Å². The number of nitriles is 1. The predicted molar refractivity (Wildman–Crippen MR) is 155 cm³/mol. The third-order valence-electron chi connectivity index (χ3n) is 6.03. The zero-order chi connectivity index (χ0) is 27.5. The van der Waals surface area contributed by atoms with E-state index in [1.54, 1.807) is 47.1 Å². The normalized spacial score (nSPS) is 16.2. The van der Waals surface area contributed by atoms with Gasteiger partial charge in [-0.3, -0.25) is 14.5 Å². The van der Waals surface area contributed by atoms with E-state index in [0.29, 0.717) is 32.8 Å². The Morgan fingerprint density at radius 2 is 1.69 bits per heavy atom. The minimum Gasteiger partial charge on any atom is -0.306 e. The number of thioether (sulfide) groups is 1. The van der Waals surface area contributed by atoms with Gasteiger partial charge in [0.25, 0.3) is 5.91 Å². The van der Waals surface area contributed by atoms with Crippen LogP contribution in [0.15, 0.2) is 95.5 Å². The van der Waals surface area contributed by atoms with Crippen molar-refractivity contribution in [3.8, 4) is 11.8 Å². The van der Waals surface area contributed by atoms with Crippen molar-refractivity contribution in [1.29, 1.82) is 5.26 Å². The van der Waals surface area contributed by atoms with Crippen molar-refractivity contribution in [1.82, 2.24) is 9.78 Å². The summed E-state index contributed by atoms with van der Waals surface area (Å²) < 4.78 is 1.60. The van der Waals surface area contributed by atoms with Crippen LogP contribution in [0.1, 0.15) is 11.3 Å². The third kappa shape index (κ3) is 5.43. The molecule has 0 aliphatic carbocycles. The first-order valence-corrected chi connectivity index (χ1v) is 13.6. The van der Waals surface area contributed by atoms with Crippen molar-refractivity contribution in [3.63, 3.8) is 0 Å². The number of aromatic nitrogens is 2. The quantitative estimate of drug-likeness (QED) is 0.208. The van der Waals surface area contributed by atoms with E-state index in [9.17, 15) is 14.9 Å². The second-order valence-corrected chi connectivity index (χ2v) is 10.7. The van der Waals surface area contributed by atoms with Gasteiger partial charge in [-0.15, -0.1) is 0 Å². The van der Waals surface area contributed by atoms with Gasteiger partial charge in [-0.1, -0.05) is 83.5 Å². The summed E-state index contributed by atoms with van der Waals surface area (Å²) in [6, 6.07) is 27.3. The number of rotatable bonds is 6. The van der Waals surface area contributed by atoms with E-state index in [4.69, 9.17) is 23.2 Å². The lowest BCUT2D eigenvalue weighted by Crippen LogP contribution is -2.31. The summed E-state index contributed by atoms with van der Waals surface area (Å²) >= 11 is 13.8. The highest BCUT2D eigenvalue weighted by molar-refractivity contribution is 8.05. The summed E-state index contributed by atoms with van der Waals surface area (Å²) in [7, 11) is 0. The fraction of sp³-hybridized carbons (Fsp3) is 0.103. The van der Waals surface area contributed by atoms with Gasteiger partial charge >= 0.3 is 0 Å². The molecule has 194 valence electrons. The molecule has 10 heteroatoms. The van der Waals surface area contributed by atoms with Gasteiger partial charge in [-0.05, 0) is 49.2 Å². The molecule has 7 nitrogen and oxygen atoms in total. The molecular weight excluding hydrogens is 553 g/mol. The van der Waals surface area contributed by atoms with Crippen LogP contribution in [0.5, 0.6) is 0 Å². The summed E-state index contributed by atoms with van der Waals surface area (Å²) in [5.41, 5.74) is 2.51. The van der Waals surface area contributed by atoms with Crippen LogP contribution in [0.2, 0.25) is 10.0 Å². The van der Waals surface area contributed by atoms with E-state index in [-0.39, 0.29) is 22.9 Å². The molecule has 1 fully saturated rings. The van der Waals surface area contributed by atoms with Crippen molar-refractivity contribution in [2.45, 2.75) is 18.6 Å². The van der Waals surface area contributed by atoms with Crippen LogP contribution < -0.4 is 10.2 Å².